The summed E-state index contributed by atoms with van der Waals surface area (Å²) in [6.45, 7) is 0. The van der Waals surface area contributed by atoms with Crippen molar-refractivity contribution < 1.29 is 10.2 Å². The van der Waals surface area contributed by atoms with Crippen LogP contribution in [-0.2, 0) is 0 Å². The summed E-state index contributed by atoms with van der Waals surface area (Å²) in [5.41, 5.74) is 1.30. The van der Waals surface area contributed by atoms with Crippen molar-refractivity contribution in [3.05, 3.63) is 11.6 Å². The van der Waals surface area contributed by atoms with Gasteiger partial charge in [0.2, 0.25) is 0 Å². The molecule has 2 rings (SSSR count). The van der Waals surface area contributed by atoms with Crippen molar-refractivity contribution in [2.45, 2.75) is 44.3 Å². The first-order chi connectivity index (χ1) is 5.79. The molecule has 0 aliphatic heterocycles. The maximum Gasteiger partial charge on any atom is 0.0633 e. The third-order valence-corrected chi connectivity index (χ3v) is 3.09. The van der Waals surface area contributed by atoms with E-state index in [0.717, 1.165) is 32.1 Å². The lowest BCUT2D eigenvalue weighted by atomic mass is 9.74. The quantitative estimate of drug-likeness (QED) is 0.534. The Labute approximate surface area is 72.9 Å². The summed E-state index contributed by atoms with van der Waals surface area (Å²) in [6.07, 6.45) is 6.46. The van der Waals surface area contributed by atoms with Gasteiger partial charge in [0.25, 0.3) is 0 Å². The second-order valence-electron chi connectivity index (χ2n) is 3.91. The van der Waals surface area contributed by atoms with Gasteiger partial charge in [-0.05, 0) is 32.1 Å². The van der Waals surface area contributed by atoms with Gasteiger partial charge in [0.1, 0.15) is 0 Å². The van der Waals surface area contributed by atoms with Crippen LogP contribution in [0.25, 0.3) is 0 Å². The highest BCUT2D eigenvalue weighted by Crippen LogP contribution is 2.36. The van der Waals surface area contributed by atoms with E-state index in [1.54, 1.807) is 0 Å². The molecule has 68 valence electrons. The maximum atomic E-state index is 9.67. The highest BCUT2D eigenvalue weighted by atomic mass is 16.3. The fourth-order valence-corrected chi connectivity index (χ4v) is 2.47. The molecule has 0 spiro atoms. The summed E-state index contributed by atoms with van der Waals surface area (Å²) in [7, 11) is 0. The van der Waals surface area contributed by atoms with Crippen LogP contribution in [0.5, 0.6) is 0 Å². The van der Waals surface area contributed by atoms with Gasteiger partial charge < -0.3 is 10.2 Å². The fraction of sp³-hybridized carbons (Fsp3) is 0.800. The first kappa shape index (κ1) is 8.27. The van der Waals surface area contributed by atoms with E-state index in [4.69, 9.17) is 0 Å². The summed E-state index contributed by atoms with van der Waals surface area (Å²) in [5, 5.41) is 19.3. The van der Waals surface area contributed by atoms with Gasteiger partial charge in [-0.25, -0.2) is 0 Å². The van der Waals surface area contributed by atoms with Crippen LogP contribution in [0.4, 0.5) is 0 Å². The van der Waals surface area contributed by atoms with Crippen molar-refractivity contribution in [2.75, 3.05) is 0 Å². The number of fused-ring (bicyclic) bond motifs is 1. The lowest BCUT2D eigenvalue weighted by Gasteiger charge is -2.36. The molecule has 2 N–H and O–H groups in total. The number of allylic oxidation sites excluding steroid dienone is 1. The van der Waals surface area contributed by atoms with Crippen molar-refractivity contribution in [1.29, 1.82) is 0 Å². The molecule has 0 radical (unpaired) electrons. The predicted octanol–water partition coefficient (Wildman–Crippen LogP) is 1.23. The second kappa shape index (κ2) is 3.19. The van der Waals surface area contributed by atoms with E-state index in [2.05, 4.69) is 6.08 Å². The molecule has 0 saturated heterocycles. The minimum absolute atomic E-state index is 0.0625. The second-order valence-corrected chi connectivity index (χ2v) is 3.91. The van der Waals surface area contributed by atoms with E-state index in [9.17, 15) is 10.2 Å². The fourth-order valence-electron chi connectivity index (χ4n) is 2.47. The molecule has 0 aromatic heterocycles. The van der Waals surface area contributed by atoms with Gasteiger partial charge in [-0.3, -0.25) is 0 Å². The summed E-state index contributed by atoms with van der Waals surface area (Å²) >= 11 is 0. The molecule has 1 fully saturated rings. The van der Waals surface area contributed by atoms with Crippen LogP contribution in [0.1, 0.15) is 32.1 Å². The van der Waals surface area contributed by atoms with Crippen molar-refractivity contribution >= 4 is 0 Å². The average molecular weight is 168 g/mol. The van der Waals surface area contributed by atoms with E-state index in [0.29, 0.717) is 0 Å². The third kappa shape index (κ3) is 1.29. The molecule has 2 aliphatic rings. The summed E-state index contributed by atoms with van der Waals surface area (Å²) in [5.74, 6) is 0.0625. The monoisotopic (exact) mass is 168 g/mol. The van der Waals surface area contributed by atoms with E-state index in [1.807, 2.05) is 0 Å². The molecule has 0 aromatic carbocycles. The highest BCUT2D eigenvalue weighted by Gasteiger charge is 2.34. The molecule has 0 unspecified atom stereocenters. The Morgan fingerprint density at radius 3 is 2.67 bits per heavy atom. The lowest BCUT2D eigenvalue weighted by molar-refractivity contribution is 0.00608. The van der Waals surface area contributed by atoms with Crippen molar-refractivity contribution in [3.63, 3.8) is 0 Å². The van der Waals surface area contributed by atoms with Crippen LogP contribution in [0.2, 0.25) is 0 Å². The molecule has 12 heavy (non-hydrogen) atoms. The van der Waals surface area contributed by atoms with Gasteiger partial charge in [0, 0.05) is 5.92 Å². The van der Waals surface area contributed by atoms with Crippen LogP contribution in [-0.4, -0.2) is 22.4 Å². The van der Waals surface area contributed by atoms with E-state index < -0.39 is 0 Å². The minimum atomic E-state index is -0.291. The molecular weight excluding hydrogens is 152 g/mol. The van der Waals surface area contributed by atoms with Gasteiger partial charge in [0.15, 0.2) is 0 Å². The number of hydrogen-bond acceptors (Lipinski definition) is 2. The molecule has 3 atom stereocenters. The molecule has 1 saturated carbocycles. The summed E-state index contributed by atoms with van der Waals surface area (Å²) in [4.78, 5) is 0. The van der Waals surface area contributed by atoms with Crippen molar-refractivity contribution in [1.82, 2.24) is 0 Å². The van der Waals surface area contributed by atoms with Gasteiger partial charge in [-0.15, -0.1) is 0 Å². The standard InChI is InChI=1S/C10H16O2/c11-8-5-1-3-7-4-2-6-9(12)10(7)8/h3,8-12H,1-2,4-6H2/t8-,9+,10+/m1/s1. The largest absolute Gasteiger partial charge is 0.392 e. The van der Waals surface area contributed by atoms with Crippen LogP contribution < -0.4 is 0 Å². The Kier molecular flexibility index (Phi) is 2.20. The normalized spacial score (nSPS) is 41.8. The smallest absolute Gasteiger partial charge is 0.0633 e. The molecule has 0 aromatic rings. The minimum Gasteiger partial charge on any atom is -0.392 e. The SMILES string of the molecule is O[C@@H]1CCC=C2CCC[C@H](O)[C@@H]21. The Hall–Kier alpha value is -0.340. The van der Waals surface area contributed by atoms with Crippen LogP contribution in [0, 0.1) is 5.92 Å². The zero-order valence-corrected chi connectivity index (χ0v) is 7.24. The molecule has 2 heteroatoms. The molecule has 0 bridgehead atoms. The number of hydrogen-bond donors (Lipinski definition) is 2. The van der Waals surface area contributed by atoms with E-state index >= 15 is 0 Å². The van der Waals surface area contributed by atoms with Crippen LogP contribution in [0.3, 0.4) is 0 Å². The third-order valence-electron chi connectivity index (χ3n) is 3.09. The topological polar surface area (TPSA) is 40.5 Å². The summed E-state index contributed by atoms with van der Waals surface area (Å²) in [6, 6.07) is 0. The van der Waals surface area contributed by atoms with Crippen molar-refractivity contribution in [2.24, 2.45) is 5.92 Å². The number of rotatable bonds is 0. The Morgan fingerprint density at radius 1 is 1.17 bits per heavy atom. The van der Waals surface area contributed by atoms with Gasteiger partial charge in [0.05, 0.1) is 12.2 Å². The molecular formula is C10H16O2. The Balaban J connectivity index is 2.19. The molecule has 0 amide bonds. The zero-order valence-electron chi connectivity index (χ0n) is 7.24. The van der Waals surface area contributed by atoms with E-state index in [-0.39, 0.29) is 18.1 Å². The Bertz CT molecular complexity index is 198. The zero-order chi connectivity index (χ0) is 8.55. The van der Waals surface area contributed by atoms with Crippen molar-refractivity contribution in [3.8, 4) is 0 Å². The predicted molar refractivity (Wildman–Crippen MR) is 46.7 cm³/mol. The average Bonchev–Trinajstić information content (AvgIpc) is 2.04. The first-order valence-electron chi connectivity index (χ1n) is 4.84. The van der Waals surface area contributed by atoms with Crippen LogP contribution >= 0.6 is 0 Å². The first-order valence-corrected chi connectivity index (χ1v) is 4.84. The van der Waals surface area contributed by atoms with E-state index in [1.165, 1.54) is 5.57 Å². The molecule has 2 nitrogen and oxygen atoms in total. The highest BCUT2D eigenvalue weighted by molar-refractivity contribution is 5.16. The lowest BCUT2D eigenvalue weighted by Crippen LogP contribution is -2.37. The van der Waals surface area contributed by atoms with Gasteiger partial charge >= 0.3 is 0 Å². The Morgan fingerprint density at radius 2 is 1.92 bits per heavy atom. The van der Waals surface area contributed by atoms with Gasteiger partial charge in [-0.1, -0.05) is 11.6 Å². The molecule has 2 aliphatic carbocycles. The number of aliphatic hydroxyl groups excluding tert-OH is 2. The molecule has 0 heterocycles. The van der Waals surface area contributed by atoms with Crippen LogP contribution in [0.15, 0.2) is 11.6 Å². The summed E-state index contributed by atoms with van der Waals surface area (Å²) < 4.78 is 0. The maximum absolute atomic E-state index is 9.67. The van der Waals surface area contributed by atoms with Gasteiger partial charge in [-0.2, -0.15) is 0 Å². The number of aliphatic hydroxyl groups is 2.